The number of hydrogen-bond acceptors (Lipinski definition) is 4. The van der Waals surface area contributed by atoms with Gasteiger partial charge in [0.1, 0.15) is 0 Å². The van der Waals surface area contributed by atoms with Crippen molar-refractivity contribution < 1.29 is 24.6 Å². The number of primary amides is 1. The van der Waals surface area contributed by atoms with Gasteiger partial charge in [-0.25, -0.2) is 9.59 Å². The largest absolute Gasteiger partial charge is 0.473 e. The van der Waals surface area contributed by atoms with Gasteiger partial charge in [0.05, 0.1) is 5.52 Å². The van der Waals surface area contributed by atoms with Gasteiger partial charge < -0.3 is 15.9 Å². The molecule has 0 fully saturated rings. The number of carbonyl (C=O) groups excluding carboxylic acids is 1. The summed E-state index contributed by atoms with van der Waals surface area (Å²) < 4.78 is 0. The molecule has 0 unspecified atom stereocenters. The van der Waals surface area contributed by atoms with Gasteiger partial charge in [0.15, 0.2) is 5.69 Å². The third-order valence-electron chi connectivity index (χ3n) is 2.66. The van der Waals surface area contributed by atoms with E-state index >= 15 is 0 Å². The standard InChI is InChI=1S/C11H13N3O.C2H2O4/c1-6(2)7-4-3-5-8-9(7)10(11(12)15)14-13-8;3-1(4)2(5)6/h3-6H,1-2H3,(H2,12,15)(H,13,14);(H,3,4)(H,5,6). The van der Waals surface area contributed by atoms with E-state index in [1.807, 2.05) is 18.2 Å². The van der Waals surface area contributed by atoms with Crippen LogP contribution in [0.4, 0.5) is 0 Å². The van der Waals surface area contributed by atoms with E-state index in [1.54, 1.807) is 0 Å². The highest BCUT2D eigenvalue weighted by Crippen LogP contribution is 2.26. The lowest BCUT2D eigenvalue weighted by atomic mass is 9.98. The molecule has 0 radical (unpaired) electrons. The van der Waals surface area contributed by atoms with Crippen molar-refractivity contribution in [2.45, 2.75) is 19.8 Å². The summed E-state index contributed by atoms with van der Waals surface area (Å²) in [5.41, 5.74) is 7.55. The fourth-order valence-electron chi connectivity index (χ4n) is 1.76. The summed E-state index contributed by atoms with van der Waals surface area (Å²) in [6, 6.07) is 5.83. The normalized spacial score (nSPS) is 10.0. The second-order valence-corrected chi connectivity index (χ2v) is 4.47. The Morgan fingerprint density at radius 1 is 1.19 bits per heavy atom. The zero-order valence-corrected chi connectivity index (χ0v) is 11.5. The van der Waals surface area contributed by atoms with Gasteiger partial charge in [-0.3, -0.25) is 9.89 Å². The van der Waals surface area contributed by atoms with Crippen LogP contribution in [-0.2, 0) is 9.59 Å². The van der Waals surface area contributed by atoms with Crippen LogP contribution in [0.5, 0.6) is 0 Å². The highest BCUT2D eigenvalue weighted by atomic mass is 16.4. The fraction of sp³-hybridized carbons (Fsp3) is 0.231. The number of aromatic amines is 1. The summed E-state index contributed by atoms with van der Waals surface area (Å²) >= 11 is 0. The van der Waals surface area contributed by atoms with Crippen molar-refractivity contribution >= 4 is 28.7 Å². The topological polar surface area (TPSA) is 146 Å². The Morgan fingerprint density at radius 2 is 1.76 bits per heavy atom. The molecule has 0 bridgehead atoms. The minimum atomic E-state index is -1.82. The van der Waals surface area contributed by atoms with Crippen LogP contribution in [-0.4, -0.2) is 38.3 Å². The van der Waals surface area contributed by atoms with E-state index in [0.29, 0.717) is 11.6 Å². The second kappa shape index (κ2) is 6.51. The Labute approximate surface area is 119 Å². The lowest BCUT2D eigenvalue weighted by Crippen LogP contribution is -2.12. The lowest BCUT2D eigenvalue weighted by Gasteiger charge is -2.06. The molecule has 2 rings (SSSR count). The maximum Gasteiger partial charge on any atom is 0.414 e. The minimum Gasteiger partial charge on any atom is -0.473 e. The number of nitrogens with two attached hydrogens (primary N) is 1. The lowest BCUT2D eigenvalue weighted by molar-refractivity contribution is -0.159. The Hall–Kier alpha value is -2.90. The number of amides is 1. The van der Waals surface area contributed by atoms with Gasteiger partial charge in [0, 0.05) is 5.39 Å². The molecule has 1 aromatic heterocycles. The molecule has 112 valence electrons. The van der Waals surface area contributed by atoms with E-state index in [2.05, 4.69) is 24.0 Å². The highest BCUT2D eigenvalue weighted by molar-refractivity contribution is 6.27. The highest BCUT2D eigenvalue weighted by Gasteiger charge is 2.15. The fourth-order valence-corrected chi connectivity index (χ4v) is 1.76. The van der Waals surface area contributed by atoms with Crippen LogP contribution < -0.4 is 5.73 Å². The number of aromatic nitrogens is 2. The van der Waals surface area contributed by atoms with Crippen molar-refractivity contribution in [1.29, 1.82) is 0 Å². The number of rotatable bonds is 2. The van der Waals surface area contributed by atoms with Crippen LogP contribution in [0.2, 0.25) is 0 Å². The second-order valence-electron chi connectivity index (χ2n) is 4.47. The summed E-state index contributed by atoms with van der Waals surface area (Å²) in [5, 5.41) is 22.4. The van der Waals surface area contributed by atoms with Gasteiger partial charge in [-0.2, -0.15) is 5.10 Å². The number of hydrogen-bond donors (Lipinski definition) is 4. The molecule has 0 saturated carbocycles. The predicted molar refractivity (Wildman–Crippen MR) is 74.0 cm³/mol. The summed E-state index contributed by atoms with van der Waals surface area (Å²) in [6.45, 7) is 4.15. The van der Waals surface area contributed by atoms with E-state index in [1.165, 1.54) is 0 Å². The molecule has 1 aromatic carbocycles. The van der Waals surface area contributed by atoms with Crippen molar-refractivity contribution in [3.05, 3.63) is 29.5 Å². The summed E-state index contributed by atoms with van der Waals surface area (Å²) in [7, 11) is 0. The monoisotopic (exact) mass is 293 g/mol. The van der Waals surface area contributed by atoms with E-state index in [-0.39, 0.29) is 0 Å². The molecule has 0 aliphatic rings. The molecule has 8 heteroatoms. The van der Waals surface area contributed by atoms with Gasteiger partial charge in [-0.05, 0) is 17.5 Å². The van der Waals surface area contributed by atoms with Crippen molar-refractivity contribution in [2.24, 2.45) is 5.73 Å². The molecule has 21 heavy (non-hydrogen) atoms. The van der Waals surface area contributed by atoms with Gasteiger partial charge in [0.2, 0.25) is 0 Å². The predicted octanol–water partition coefficient (Wildman–Crippen LogP) is 0.941. The molecule has 2 aromatic rings. The third-order valence-corrected chi connectivity index (χ3v) is 2.66. The molecule has 0 aliphatic carbocycles. The van der Waals surface area contributed by atoms with Crippen LogP contribution in [0.15, 0.2) is 18.2 Å². The average molecular weight is 293 g/mol. The van der Waals surface area contributed by atoms with Crippen molar-refractivity contribution in [3.63, 3.8) is 0 Å². The van der Waals surface area contributed by atoms with E-state index in [4.69, 9.17) is 25.5 Å². The van der Waals surface area contributed by atoms with Crippen LogP contribution >= 0.6 is 0 Å². The maximum atomic E-state index is 11.2. The molecule has 5 N–H and O–H groups in total. The molecule has 1 amide bonds. The molecule has 0 spiro atoms. The number of aliphatic carboxylic acids is 2. The van der Waals surface area contributed by atoms with Gasteiger partial charge in [0.25, 0.3) is 5.91 Å². The van der Waals surface area contributed by atoms with Crippen molar-refractivity contribution in [2.75, 3.05) is 0 Å². The van der Waals surface area contributed by atoms with Crippen LogP contribution in [0.3, 0.4) is 0 Å². The molecule has 0 saturated heterocycles. The molecular weight excluding hydrogens is 278 g/mol. The number of nitrogens with zero attached hydrogens (tertiary/aromatic N) is 1. The van der Waals surface area contributed by atoms with E-state index < -0.39 is 17.8 Å². The first kappa shape index (κ1) is 16.2. The summed E-state index contributed by atoms with van der Waals surface area (Å²) in [5.74, 6) is -3.80. The first-order chi connectivity index (χ1) is 9.75. The maximum absolute atomic E-state index is 11.2. The average Bonchev–Trinajstić information content (AvgIpc) is 2.82. The number of carbonyl (C=O) groups is 3. The molecule has 1 heterocycles. The van der Waals surface area contributed by atoms with Crippen LogP contribution in [0, 0.1) is 0 Å². The first-order valence-corrected chi connectivity index (χ1v) is 5.98. The SMILES string of the molecule is CC(C)c1cccc2[nH]nc(C(N)=O)c12.O=C(O)C(=O)O. The van der Waals surface area contributed by atoms with Crippen LogP contribution in [0.1, 0.15) is 35.8 Å². The number of carboxylic acids is 2. The smallest absolute Gasteiger partial charge is 0.414 e. The number of benzene rings is 1. The summed E-state index contributed by atoms with van der Waals surface area (Å²) in [6.07, 6.45) is 0. The number of carboxylic acid groups (broad SMARTS) is 2. The Bertz CT molecular complexity index is 678. The summed E-state index contributed by atoms with van der Waals surface area (Å²) in [4.78, 5) is 29.4. The van der Waals surface area contributed by atoms with Gasteiger partial charge in [-0.1, -0.05) is 26.0 Å². The molecule has 0 atom stereocenters. The van der Waals surface area contributed by atoms with E-state index in [9.17, 15) is 4.79 Å². The molecule has 0 aliphatic heterocycles. The van der Waals surface area contributed by atoms with Crippen LogP contribution in [0.25, 0.3) is 10.9 Å². The quantitative estimate of drug-likeness (QED) is 0.606. The Kier molecular flexibility index (Phi) is 5.01. The zero-order chi connectivity index (χ0) is 16.2. The first-order valence-electron chi connectivity index (χ1n) is 5.98. The number of nitrogens with one attached hydrogen (secondary N) is 1. The minimum absolute atomic E-state index is 0.328. The zero-order valence-electron chi connectivity index (χ0n) is 11.5. The van der Waals surface area contributed by atoms with E-state index in [0.717, 1.165) is 16.5 Å². The van der Waals surface area contributed by atoms with Crippen molar-refractivity contribution in [3.8, 4) is 0 Å². The van der Waals surface area contributed by atoms with Gasteiger partial charge >= 0.3 is 11.9 Å². The number of H-pyrrole nitrogens is 1. The van der Waals surface area contributed by atoms with Crippen molar-refractivity contribution in [1.82, 2.24) is 10.2 Å². The number of fused-ring (bicyclic) bond motifs is 1. The third kappa shape index (κ3) is 3.78. The Morgan fingerprint density at radius 3 is 2.19 bits per heavy atom. The van der Waals surface area contributed by atoms with Gasteiger partial charge in [-0.15, -0.1) is 0 Å². The molecule has 8 nitrogen and oxygen atoms in total. The Balaban J connectivity index is 0.000000315. The molecular formula is C13H15N3O5.